The first-order chi connectivity index (χ1) is 27.7. The van der Waals surface area contributed by atoms with Gasteiger partial charge in [0.15, 0.2) is 0 Å². The van der Waals surface area contributed by atoms with Crippen LogP contribution in [-0.4, -0.2) is 10.2 Å². The van der Waals surface area contributed by atoms with Crippen LogP contribution in [0, 0.1) is 0 Å². The van der Waals surface area contributed by atoms with Gasteiger partial charge in [-0.1, -0.05) is 119 Å². The summed E-state index contributed by atoms with van der Waals surface area (Å²) in [7, 11) is 0. The van der Waals surface area contributed by atoms with Gasteiger partial charge >= 0.3 is 0 Å². The van der Waals surface area contributed by atoms with Crippen molar-refractivity contribution in [3.63, 3.8) is 0 Å². The number of aromatic nitrogens is 2. The summed E-state index contributed by atoms with van der Waals surface area (Å²) >= 11 is 3.76. The molecule has 3 heterocycles. The van der Waals surface area contributed by atoms with Crippen LogP contribution in [0.1, 0.15) is 105 Å². The van der Waals surface area contributed by atoms with E-state index in [1.165, 1.54) is 73.7 Å². The van der Waals surface area contributed by atoms with Crippen molar-refractivity contribution < 1.29 is 4.42 Å². The van der Waals surface area contributed by atoms with Crippen LogP contribution in [0.25, 0.3) is 85.5 Å². The largest absolute Gasteiger partial charge is 0.416 e. The number of thiophene rings is 2. The minimum atomic E-state index is -0.0149. The van der Waals surface area contributed by atoms with E-state index in [2.05, 4.69) is 202 Å². The molecule has 59 heavy (non-hydrogen) atoms. The fraction of sp³-hybridized carbons (Fsp3) is 0.296. The van der Waals surface area contributed by atoms with Crippen molar-refractivity contribution >= 4 is 63.0 Å². The predicted octanol–water partition coefficient (Wildman–Crippen LogP) is 16.7. The van der Waals surface area contributed by atoms with E-state index >= 15 is 0 Å². The first-order valence-electron chi connectivity index (χ1n) is 20.8. The van der Waals surface area contributed by atoms with Gasteiger partial charge in [-0.15, -0.1) is 32.9 Å². The lowest BCUT2D eigenvalue weighted by Crippen LogP contribution is -2.11. The Morgan fingerprint density at radius 3 is 1.10 bits per heavy atom. The van der Waals surface area contributed by atoms with Crippen molar-refractivity contribution in [2.75, 3.05) is 0 Å². The molecule has 0 spiro atoms. The van der Waals surface area contributed by atoms with Crippen LogP contribution in [0.2, 0.25) is 0 Å². The minimum absolute atomic E-state index is 0.0149. The van der Waals surface area contributed by atoms with Crippen LogP contribution in [-0.2, 0) is 21.7 Å². The summed E-state index contributed by atoms with van der Waals surface area (Å²) in [6.07, 6.45) is 0. The summed E-state index contributed by atoms with van der Waals surface area (Å²) < 4.78 is 11.8. The zero-order valence-electron chi connectivity index (χ0n) is 36.5. The molecule has 3 aromatic heterocycles. The zero-order valence-corrected chi connectivity index (χ0v) is 38.1. The maximum atomic E-state index is 6.54. The Kier molecular flexibility index (Phi) is 9.16. The van der Waals surface area contributed by atoms with Crippen molar-refractivity contribution in [3.05, 3.63) is 131 Å². The summed E-state index contributed by atoms with van der Waals surface area (Å²) in [6, 6.07) is 40.8. The van der Waals surface area contributed by atoms with Gasteiger partial charge in [-0.25, -0.2) is 0 Å². The van der Waals surface area contributed by atoms with Gasteiger partial charge in [-0.2, -0.15) is 0 Å². The van der Waals surface area contributed by atoms with Crippen LogP contribution in [0.15, 0.2) is 114 Å². The Bertz CT molecular complexity index is 2880. The van der Waals surface area contributed by atoms with Gasteiger partial charge in [0, 0.05) is 51.5 Å². The minimum Gasteiger partial charge on any atom is -0.416 e. The Morgan fingerprint density at radius 2 is 0.729 bits per heavy atom. The molecule has 9 rings (SSSR count). The van der Waals surface area contributed by atoms with Gasteiger partial charge in [0.2, 0.25) is 11.8 Å². The summed E-state index contributed by atoms with van der Waals surface area (Å²) in [5, 5.41) is 14.6. The van der Waals surface area contributed by atoms with Gasteiger partial charge < -0.3 is 4.42 Å². The monoisotopic (exact) mass is 810 g/mol. The van der Waals surface area contributed by atoms with Crippen molar-refractivity contribution in [1.82, 2.24) is 10.2 Å². The van der Waals surface area contributed by atoms with Crippen LogP contribution in [0.5, 0.6) is 0 Å². The smallest absolute Gasteiger partial charge is 0.248 e. The van der Waals surface area contributed by atoms with E-state index in [-0.39, 0.29) is 21.7 Å². The van der Waals surface area contributed by atoms with Gasteiger partial charge in [-0.3, -0.25) is 0 Å². The third-order valence-electron chi connectivity index (χ3n) is 11.9. The highest BCUT2D eigenvalue weighted by molar-refractivity contribution is 7.26. The molecule has 298 valence electrons. The van der Waals surface area contributed by atoms with E-state index in [0.717, 1.165) is 22.3 Å². The van der Waals surface area contributed by atoms with Crippen molar-refractivity contribution in [1.29, 1.82) is 0 Å². The third-order valence-corrected chi connectivity index (χ3v) is 14.3. The molecule has 0 fully saturated rings. The normalized spacial score (nSPS) is 13.1. The lowest BCUT2D eigenvalue weighted by atomic mass is 9.83. The summed E-state index contributed by atoms with van der Waals surface area (Å²) in [6.45, 7) is 27.5. The van der Waals surface area contributed by atoms with Crippen molar-refractivity contribution in [3.8, 4) is 45.2 Å². The second kappa shape index (κ2) is 13.7. The Labute approximate surface area is 357 Å². The molecule has 0 aliphatic heterocycles. The zero-order chi connectivity index (χ0) is 41.8. The van der Waals surface area contributed by atoms with Crippen LogP contribution in [0.4, 0.5) is 0 Å². The molecule has 0 bridgehead atoms. The van der Waals surface area contributed by atoms with Crippen LogP contribution >= 0.6 is 22.7 Å². The number of hydrogen-bond donors (Lipinski definition) is 0. The quantitative estimate of drug-likeness (QED) is 0.178. The maximum absolute atomic E-state index is 6.54. The van der Waals surface area contributed by atoms with Gasteiger partial charge in [0.25, 0.3) is 0 Å². The van der Waals surface area contributed by atoms with E-state index in [1.807, 2.05) is 22.7 Å². The maximum Gasteiger partial charge on any atom is 0.248 e. The predicted molar refractivity (Wildman–Crippen MR) is 257 cm³/mol. The number of fused-ring (bicyclic) bond motifs is 6. The highest BCUT2D eigenvalue weighted by atomic mass is 32.1. The fourth-order valence-corrected chi connectivity index (χ4v) is 10.5. The van der Waals surface area contributed by atoms with Crippen molar-refractivity contribution in [2.45, 2.75) is 105 Å². The molecule has 9 aromatic rings. The topological polar surface area (TPSA) is 38.9 Å². The molecule has 0 atom stereocenters. The fourth-order valence-electron chi connectivity index (χ4n) is 8.08. The molecule has 5 heteroatoms. The Hall–Kier alpha value is -5.10. The Balaban J connectivity index is 1.12. The molecule has 0 aliphatic rings. The highest BCUT2D eigenvalue weighted by Gasteiger charge is 2.24. The molecule has 0 unspecified atom stereocenters. The number of hydrogen-bond acceptors (Lipinski definition) is 5. The molecule has 0 aliphatic carbocycles. The summed E-state index contributed by atoms with van der Waals surface area (Å²) in [5.74, 6) is 1.02. The third kappa shape index (κ3) is 7.21. The molecule has 0 saturated heterocycles. The summed E-state index contributed by atoms with van der Waals surface area (Å²) in [5.41, 5.74) is 12.0. The molecule has 0 saturated carbocycles. The number of benzene rings is 6. The lowest BCUT2D eigenvalue weighted by Gasteiger charge is -2.21. The molecular formula is C54H54N2OS2. The second-order valence-corrected chi connectivity index (χ2v) is 22.6. The average Bonchev–Trinajstić information content (AvgIpc) is 3.91. The first-order valence-corrected chi connectivity index (χ1v) is 22.4. The molecule has 0 radical (unpaired) electrons. The van der Waals surface area contributed by atoms with Crippen LogP contribution in [0.3, 0.4) is 0 Å². The second-order valence-electron chi connectivity index (χ2n) is 20.5. The van der Waals surface area contributed by atoms with E-state index in [4.69, 9.17) is 4.42 Å². The van der Waals surface area contributed by atoms with E-state index in [9.17, 15) is 0 Å². The molecule has 0 amide bonds. The first kappa shape index (κ1) is 39.4. The summed E-state index contributed by atoms with van der Waals surface area (Å²) in [4.78, 5) is 0. The highest BCUT2D eigenvalue weighted by Crippen LogP contribution is 2.46. The molecular weight excluding hydrogens is 757 g/mol. The van der Waals surface area contributed by atoms with E-state index in [0.29, 0.717) is 11.8 Å². The standard InChI is InChI=1S/C54H54N2OS2/c1-51(2,3)35-19-21-45-41(25-35)43-29-37(53(7,8)9)27-39(47(43)58-45)31-15-13-17-33(23-31)49-55-56-50(57-49)34-18-14-16-32(24-34)40-28-38(54(10,11)12)30-44-42-26-36(52(4,5)6)20-22-46(42)59-48(40)44/h13-30H,1-12H3. The Morgan fingerprint density at radius 1 is 0.373 bits per heavy atom. The SMILES string of the molecule is CC(C)(C)c1ccc2sc3c(-c4cccc(-c5nnc(-c6cccc(-c7cc(C(C)(C)C)cc8c7sc7ccc(C(C)(C)C)cc78)c6)o5)c4)cc(C(C)(C)C)cc3c2c1. The van der Waals surface area contributed by atoms with Crippen molar-refractivity contribution in [2.24, 2.45) is 0 Å². The van der Waals surface area contributed by atoms with E-state index < -0.39 is 0 Å². The molecule has 3 nitrogen and oxygen atoms in total. The number of nitrogens with zero attached hydrogens (tertiary/aromatic N) is 2. The molecule has 0 N–H and O–H groups in total. The molecule has 6 aromatic carbocycles. The van der Waals surface area contributed by atoms with Gasteiger partial charge in [0.05, 0.1) is 0 Å². The van der Waals surface area contributed by atoms with Gasteiger partial charge in [-0.05, 0) is 139 Å². The lowest BCUT2D eigenvalue weighted by molar-refractivity contribution is 0.584. The van der Waals surface area contributed by atoms with E-state index in [1.54, 1.807) is 0 Å². The average molecular weight is 811 g/mol. The van der Waals surface area contributed by atoms with Gasteiger partial charge in [0.1, 0.15) is 0 Å². The number of rotatable bonds is 4. The van der Waals surface area contributed by atoms with Crippen LogP contribution < -0.4 is 0 Å².